The maximum Gasteiger partial charge on any atom is 0.341 e. The summed E-state index contributed by atoms with van der Waals surface area (Å²) < 4.78 is 13.1. The summed E-state index contributed by atoms with van der Waals surface area (Å²) in [5.74, 6) is 0.632. The molecule has 1 aromatic heterocycles. The number of morpholine rings is 1. The minimum atomic E-state index is -0.271. The van der Waals surface area contributed by atoms with Crippen LogP contribution in [0.2, 0.25) is 0 Å². The molecule has 2 unspecified atom stereocenters. The third-order valence-corrected chi connectivity index (χ3v) is 5.68. The summed E-state index contributed by atoms with van der Waals surface area (Å²) >= 11 is 1.65. The number of carbonyl (C=O) groups excluding carboxylic acids is 2. The summed E-state index contributed by atoms with van der Waals surface area (Å²) in [7, 11) is 0. The summed E-state index contributed by atoms with van der Waals surface area (Å²) in [5, 5.41) is 0.942. The molecule has 0 saturated carbocycles. The number of hydrogen-bond acceptors (Lipinski definition) is 5. The molecular weight excluding hydrogens is 328 g/mol. The fourth-order valence-corrected chi connectivity index (χ4v) is 4.85. The largest absolute Gasteiger partial charge is 0.459 e. The van der Waals surface area contributed by atoms with Gasteiger partial charge in [-0.25, -0.2) is 4.79 Å². The first-order chi connectivity index (χ1) is 11.4. The Balaban J connectivity index is 1.90. The summed E-state index contributed by atoms with van der Waals surface area (Å²) in [6, 6.07) is 0.124. The molecule has 0 bridgehead atoms. The Morgan fingerprint density at radius 2 is 2.12 bits per heavy atom. The molecule has 3 heterocycles. The van der Waals surface area contributed by atoms with Gasteiger partial charge in [0.05, 0.1) is 42.0 Å². The Bertz CT molecular complexity index is 655. The molecule has 2 atom stereocenters. The van der Waals surface area contributed by atoms with E-state index in [1.807, 2.05) is 31.9 Å². The van der Waals surface area contributed by atoms with Gasteiger partial charge in [0.25, 0.3) is 0 Å². The predicted octanol–water partition coefficient (Wildman–Crippen LogP) is 2.26. The zero-order valence-corrected chi connectivity index (χ0v) is 15.4. The van der Waals surface area contributed by atoms with Crippen molar-refractivity contribution in [2.24, 2.45) is 0 Å². The van der Waals surface area contributed by atoms with Gasteiger partial charge in [-0.2, -0.15) is 0 Å². The lowest BCUT2D eigenvalue weighted by atomic mass is 10.1. The van der Waals surface area contributed by atoms with Crippen LogP contribution in [-0.4, -0.2) is 59.0 Å². The molecule has 0 N–H and O–H groups in total. The number of carbonyl (C=O) groups is 2. The second kappa shape index (κ2) is 6.80. The van der Waals surface area contributed by atoms with Crippen LogP contribution in [0.1, 0.15) is 42.7 Å². The Kier molecular flexibility index (Phi) is 4.92. The number of nitrogens with zero attached hydrogens (tertiary/aromatic N) is 2. The van der Waals surface area contributed by atoms with E-state index in [2.05, 4.69) is 4.57 Å². The molecule has 1 saturated heterocycles. The van der Waals surface area contributed by atoms with Crippen LogP contribution in [0.5, 0.6) is 0 Å². The Morgan fingerprint density at radius 1 is 1.38 bits per heavy atom. The van der Waals surface area contributed by atoms with Crippen molar-refractivity contribution in [3.8, 4) is 0 Å². The highest BCUT2D eigenvalue weighted by Gasteiger charge is 2.39. The van der Waals surface area contributed by atoms with Crippen LogP contribution in [0, 0.1) is 6.92 Å². The zero-order chi connectivity index (χ0) is 17.4. The maximum absolute atomic E-state index is 12.4. The minimum absolute atomic E-state index is 0.00534. The molecule has 0 aromatic carbocycles. The summed E-state index contributed by atoms with van der Waals surface area (Å²) in [6.45, 7) is 8.98. The van der Waals surface area contributed by atoms with E-state index in [0.29, 0.717) is 25.3 Å². The SMILES string of the molecule is CC(=O)N1CCOCC1C1CSc2c(C(=O)OC(C)C)c(C)cn21. The van der Waals surface area contributed by atoms with Crippen molar-refractivity contribution in [3.63, 3.8) is 0 Å². The molecule has 0 spiro atoms. The van der Waals surface area contributed by atoms with Gasteiger partial charge in [0.15, 0.2) is 0 Å². The number of rotatable bonds is 3. The predicted molar refractivity (Wildman–Crippen MR) is 91.5 cm³/mol. The minimum Gasteiger partial charge on any atom is -0.459 e. The third-order valence-electron chi connectivity index (χ3n) is 4.48. The lowest BCUT2D eigenvalue weighted by Gasteiger charge is -2.38. The lowest BCUT2D eigenvalue weighted by molar-refractivity contribution is -0.139. The number of ether oxygens (including phenoxy) is 2. The third kappa shape index (κ3) is 3.07. The van der Waals surface area contributed by atoms with Gasteiger partial charge < -0.3 is 18.9 Å². The van der Waals surface area contributed by atoms with E-state index >= 15 is 0 Å². The smallest absolute Gasteiger partial charge is 0.341 e. The molecule has 1 fully saturated rings. The number of esters is 1. The number of amides is 1. The Labute approximate surface area is 146 Å². The highest BCUT2D eigenvalue weighted by atomic mass is 32.2. The van der Waals surface area contributed by atoms with Crippen LogP contribution in [0.15, 0.2) is 11.2 Å². The van der Waals surface area contributed by atoms with Crippen molar-refractivity contribution in [2.75, 3.05) is 25.5 Å². The molecule has 0 radical (unpaired) electrons. The number of thioether (sulfide) groups is 1. The molecule has 7 heteroatoms. The van der Waals surface area contributed by atoms with Crippen molar-refractivity contribution < 1.29 is 19.1 Å². The zero-order valence-electron chi connectivity index (χ0n) is 14.6. The van der Waals surface area contributed by atoms with Gasteiger partial charge in [-0.15, -0.1) is 11.8 Å². The molecule has 24 heavy (non-hydrogen) atoms. The van der Waals surface area contributed by atoms with Gasteiger partial charge in [0.1, 0.15) is 0 Å². The van der Waals surface area contributed by atoms with Crippen LogP contribution in [0.25, 0.3) is 0 Å². The standard InChI is InChI=1S/C17H24N2O4S/c1-10(2)23-17(21)15-11(3)7-19-14(9-24-16(15)19)13-8-22-6-5-18(13)12(4)20/h7,10,13-14H,5-6,8-9H2,1-4H3. The molecular formula is C17H24N2O4S. The fraction of sp³-hybridized carbons (Fsp3) is 0.647. The molecule has 2 aliphatic heterocycles. The first-order valence-electron chi connectivity index (χ1n) is 8.30. The monoisotopic (exact) mass is 352 g/mol. The molecule has 132 valence electrons. The van der Waals surface area contributed by atoms with Crippen LogP contribution >= 0.6 is 11.8 Å². The molecule has 3 rings (SSSR count). The second-order valence-corrected chi connectivity index (χ2v) is 7.60. The topological polar surface area (TPSA) is 60.8 Å². The van der Waals surface area contributed by atoms with Crippen LogP contribution in [0.3, 0.4) is 0 Å². The van der Waals surface area contributed by atoms with E-state index < -0.39 is 0 Å². The van der Waals surface area contributed by atoms with Gasteiger partial charge in [-0.05, 0) is 26.3 Å². The van der Waals surface area contributed by atoms with Gasteiger partial charge in [-0.1, -0.05) is 0 Å². The molecule has 1 amide bonds. The first-order valence-corrected chi connectivity index (χ1v) is 9.29. The van der Waals surface area contributed by atoms with Gasteiger partial charge in [-0.3, -0.25) is 4.79 Å². The number of fused-ring (bicyclic) bond motifs is 1. The van der Waals surface area contributed by atoms with Crippen molar-refractivity contribution in [1.29, 1.82) is 0 Å². The van der Waals surface area contributed by atoms with Crippen LogP contribution < -0.4 is 0 Å². The first kappa shape index (κ1) is 17.4. The maximum atomic E-state index is 12.4. The van der Waals surface area contributed by atoms with Crippen LogP contribution in [0.4, 0.5) is 0 Å². The summed E-state index contributed by atoms with van der Waals surface area (Å²) in [5.41, 5.74) is 1.57. The molecule has 1 aromatic rings. The second-order valence-electron chi connectivity index (χ2n) is 6.59. The number of aryl methyl sites for hydroxylation is 1. The number of hydrogen-bond donors (Lipinski definition) is 0. The average Bonchev–Trinajstić information content (AvgIpc) is 3.03. The molecule has 2 aliphatic rings. The van der Waals surface area contributed by atoms with Crippen molar-refractivity contribution in [3.05, 3.63) is 17.3 Å². The van der Waals surface area contributed by atoms with Crippen molar-refractivity contribution >= 4 is 23.6 Å². The summed E-state index contributed by atoms with van der Waals surface area (Å²) in [6.07, 6.45) is 1.86. The van der Waals surface area contributed by atoms with Crippen molar-refractivity contribution in [1.82, 2.24) is 9.47 Å². The van der Waals surface area contributed by atoms with E-state index in [1.165, 1.54) is 0 Å². The van der Waals surface area contributed by atoms with Gasteiger partial charge in [0, 0.05) is 25.4 Å². The Morgan fingerprint density at radius 3 is 2.79 bits per heavy atom. The number of aromatic nitrogens is 1. The van der Waals surface area contributed by atoms with E-state index in [0.717, 1.165) is 16.3 Å². The van der Waals surface area contributed by atoms with Gasteiger partial charge in [0.2, 0.25) is 5.91 Å². The highest BCUT2D eigenvalue weighted by molar-refractivity contribution is 7.99. The van der Waals surface area contributed by atoms with E-state index in [9.17, 15) is 9.59 Å². The lowest BCUT2D eigenvalue weighted by Crippen LogP contribution is -2.51. The highest BCUT2D eigenvalue weighted by Crippen LogP contribution is 2.42. The van der Waals surface area contributed by atoms with E-state index in [1.54, 1.807) is 18.7 Å². The molecule has 6 nitrogen and oxygen atoms in total. The summed E-state index contributed by atoms with van der Waals surface area (Å²) in [4.78, 5) is 26.3. The van der Waals surface area contributed by atoms with Gasteiger partial charge >= 0.3 is 5.97 Å². The van der Waals surface area contributed by atoms with Crippen molar-refractivity contribution in [2.45, 2.75) is 50.9 Å². The molecule has 0 aliphatic carbocycles. The Hall–Kier alpha value is -1.47. The fourth-order valence-electron chi connectivity index (χ4n) is 3.42. The quantitative estimate of drug-likeness (QED) is 0.781. The van der Waals surface area contributed by atoms with Crippen LogP contribution in [-0.2, 0) is 14.3 Å². The normalized spacial score (nSPS) is 23.5. The van der Waals surface area contributed by atoms with E-state index in [-0.39, 0.29) is 30.1 Å². The van der Waals surface area contributed by atoms with E-state index in [4.69, 9.17) is 9.47 Å². The average molecular weight is 352 g/mol.